The number of anilines is 1. The van der Waals surface area contributed by atoms with E-state index in [0.29, 0.717) is 17.8 Å². The van der Waals surface area contributed by atoms with Gasteiger partial charge in [-0.1, -0.05) is 27.7 Å². The molecule has 0 aliphatic carbocycles. The van der Waals surface area contributed by atoms with E-state index in [1.54, 1.807) is 7.11 Å². The fraction of sp³-hybridized carbons (Fsp3) is 0.667. The molecule has 0 aliphatic rings. The van der Waals surface area contributed by atoms with Crippen LogP contribution in [0, 0.1) is 5.41 Å². The Bertz CT molecular complexity index is 446. The molecular formula is C12H21N3O2. The van der Waals surface area contributed by atoms with Gasteiger partial charge in [0, 0.05) is 7.11 Å². The molecule has 0 aliphatic heterocycles. The van der Waals surface area contributed by atoms with Gasteiger partial charge in [-0.2, -0.15) is 0 Å². The second-order valence-electron chi connectivity index (χ2n) is 5.15. The van der Waals surface area contributed by atoms with Crippen LogP contribution in [0.15, 0.2) is 4.79 Å². The number of nitrogens with zero attached hydrogens (tertiary/aromatic N) is 1. The minimum Gasteiger partial charge on any atom is -0.383 e. The van der Waals surface area contributed by atoms with Crippen molar-refractivity contribution < 1.29 is 4.74 Å². The summed E-state index contributed by atoms with van der Waals surface area (Å²) in [7, 11) is 1.60. The third-order valence-electron chi connectivity index (χ3n) is 2.69. The molecule has 3 N–H and O–H groups in total. The Labute approximate surface area is 101 Å². The second kappa shape index (κ2) is 4.87. The van der Waals surface area contributed by atoms with E-state index in [0.717, 1.165) is 0 Å². The van der Waals surface area contributed by atoms with Gasteiger partial charge in [-0.15, -0.1) is 0 Å². The largest absolute Gasteiger partial charge is 0.383 e. The molecule has 17 heavy (non-hydrogen) atoms. The molecule has 0 saturated carbocycles. The minimum atomic E-state index is -0.289. The number of aromatic amines is 1. The zero-order valence-electron chi connectivity index (χ0n) is 11.1. The van der Waals surface area contributed by atoms with Crippen LogP contribution in [0.2, 0.25) is 0 Å². The molecule has 96 valence electrons. The van der Waals surface area contributed by atoms with Gasteiger partial charge in [0.2, 0.25) is 0 Å². The van der Waals surface area contributed by atoms with Crippen molar-refractivity contribution in [3.63, 3.8) is 0 Å². The second-order valence-corrected chi connectivity index (χ2v) is 5.15. The predicted molar refractivity (Wildman–Crippen MR) is 67.9 cm³/mol. The van der Waals surface area contributed by atoms with E-state index in [2.05, 4.69) is 9.97 Å². The normalized spacial score (nSPS) is 13.7. The molecule has 0 spiro atoms. The molecule has 0 aromatic carbocycles. The van der Waals surface area contributed by atoms with E-state index in [4.69, 9.17) is 10.5 Å². The average molecular weight is 239 g/mol. The molecule has 5 heteroatoms. The monoisotopic (exact) mass is 239 g/mol. The summed E-state index contributed by atoms with van der Waals surface area (Å²) in [5.41, 5.74) is 5.97. The average Bonchev–Trinajstić information content (AvgIpc) is 2.15. The maximum Gasteiger partial charge on any atom is 0.256 e. The number of H-pyrrole nitrogens is 1. The smallest absolute Gasteiger partial charge is 0.256 e. The summed E-state index contributed by atoms with van der Waals surface area (Å²) in [5, 5.41) is 0. The number of nitrogens with one attached hydrogen (secondary N) is 1. The number of rotatable bonds is 3. The summed E-state index contributed by atoms with van der Waals surface area (Å²) in [6, 6.07) is 0. The van der Waals surface area contributed by atoms with Crippen LogP contribution in [0.3, 0.4) is 0 Å². The van der Waals surface area contributed by atoms with Gasteiger partial charge in [-0.05, 0) is 11.8 Å². The first-order valence-electron chi connectivity index (χ1n) is 5.72. The number of ether oxygens (including phenoxy) is 1. The fourth-order valence-corrected chi connectivity index (χ4v) is 1.87. The van der Waals surface area contributed by atoms with Gasteiger partial charge in [0.05, 0.1) is 5.56 Å². The number of nitrogen functional groups attached to an aromatic ring is 1. The molecule has 0 saturated heterocycles. The van der Waals surface area contributed by atoms with Crippen molar-refractivity contribution >= 4 is 5.82 Å². The van der Waals surface area contributed by atoms with Crippen LogP contribution in [0.4, 0.5) is 5.82 Å². The Morgan fingerprint density at radius 1 is 1.47 bits per heavy atom. The maximum absolute atomic E-state index is 11.8. The topological polar surface area (TPSA) is 81.0 Å². The van der Waals surface area contributed by atoms with Crippen LogP contribution in [0.1, 0.15) is 45.2 Å². The quantitative estimate of drug-likeness (QED) is 0.840. The lowest BCUT2D eigenvalue weighted by molar-refractivity contribution is 0.00857. The molecule has 1 aromatic rings. The summed E-state index contributed by atoms with van der Waals surface area (Å²) in [5.74, 6) is 0.775. The van der Waals surface area contributed by atoms with Gasteiger partial charge in [0.15, 0.2) is 0 Å². The van der Waals surface area contributed by atoms with Gasteiger partial charge in [0.1, 0.15) is 17.7 Å². The Hall–Kier alpha value is -1.36. The van der Waals surface area contributed by atoms with Gasteiger partial charge in [-0.3, -0.25) is 4.79 Å². The molecule has 0 bridgehead atoms. The Morgan fingerprint density at radius 3 is 2.41 bits per heavy atom. The first-order chi connectivity index (χ1) is 7.81. The van der Waals surface area contributed by atoms with Crippen LogP contribution in [0.5, 0.6) is 0 Å². The van der Waals surface area contributed by atoms with E-state index in [1.807, 2.05) is 27.7 Å². The van der Waals surface area contributed by atoms with E-state index in [1.165, 1.54) is 0 Å². The highest BCUT2D eigenvalue weighted by Gasteiger charge is 2.29. The van der Waals surface area contributed by atoms with Crippen molar-refractivity contribution in [3.05, 3.63) is 21.7 Å². The van der Waals surface area contributed by atoms with Crippen molar-refractivity contribution in [1.29, 1.82) is 0 Å². The van der Waals surface area contributed by atoms with E-state index >= 15 is 0 Å². The summed E-state index contributed by atoms with van der Waals surface area (Å²) < 4.78 is 5.40. The third-order valence-corrected chi connectivity index (χ3v) is 2.69. The lowest BCUT2D eigenvalue weighted by atomic mass is 9.88. The molecule has 0 amide bonds. The first-order valence-corrected chi connectivity index (χ1v) is 5.72. The molecule has 1 heterocycles. The fourth-order valence-electron chi connectivity index (χ4n) is 1.87. The van der Waals surface area contributed by atoms with Crippen LogP contribution in [0.25, 0.3) is 0 Å². The highest BCUT2D eigenvalue weighted by molar-refractivity contribution is 5.37. The molecule has 5 nitrogen and oxygen atoms in total. The lowest BCUT2D eigenvalue weighted by Gasteiger charge is -2.28. The summed E-state index contributed by atoms with van der Waals surface area (Å²) in [4.78, 5) is 18.8. The zero-order chi connectivity index (χ0) is 13.2. The van der Waals surface area contributed by atoms with Gasteiger partial charge >= 0.3 is 0 Å². The van der Waals surface area contributed by atoms with Crippen LogP contribution in [-0.4, -0.2) is 17.1 Å². The first kappa shape index (κ1) is 13.7. The Morgan fingerprint density at radius 2 is 2.06 bits per heavy atom. The predicted octanol–water partition coefficient (Wildman–Crippen LogP) is 1.65. The van der Waals surface area contributed by atoms with Crippen molar-refractivity contribution in [2.24, 2.45) is 5.41 Å². The minimum absolute atomic E-state index is 0.162. The number of hydrogen-bond acceptors (Lipinski definition) is 4. The molecule has 1 aromatic heterocycles. The number of nitrogens with two attached hydrogens (primary N) is 1. The molecular weight excluding hydrogens is 218 g/mol. The Kier molecular flexibility index (Phi) is 3.93. The number of methoxy groups -OCH3 is 1. The molecule has 0 fully saturated rings. The highest BCUT2D eigenvalue weighted by Crippen LogP contribution is 2.33. The highest BCUT2D eigenvalue weighted by atomic mass is 16.5. The summed E-state index contributed by atoms with van der Waals surface area (Å²) >= 11 is 0. The van der Waals surface area contributed by atoms with Crippen molar-refractivity contribution in [2.75, 3.05) is 12.8 Å². The van der Waals surface area contributed by atoms with Crippen LogP contribution < -0.4 is 11.3 Å². The van der Waals surface area contributed by atoms with E-state index < -0.39 is 0 Å². The molecule has 0 radical (unpaired) electrons. The number of aromatic nitrogens is 2. The SMILES string of the molecule is CCc1c(N)nc(C(OC)C(C)(C)C)[nH]c1=O. The van der Waals surface area contributed by atoms with Crippen LogP contribution >= 0.6 is 0 Å². The Balaban J connectivity index is 3.29. The van der Waals surface area contributed by atoms with Gasteiger partial charge in [0.25, 0.3) is 5.56 Å². The van der Waals surface area contributed by atoms with Gasteiger partial charge in [-0.25, -0.2) is 4.98 Å². The third kappa shape index (κ3) is 2.85. The molecule has 1 atom stereocenters. The van der Waals surface area contributed by atoms with Crippen molar-refractivity contribution in [2.45, 2.75) is 40.2 Å². The van der Waals surface area contributed by atoms with Gasteiger partial charge < -0.3 is 15.5 Å². The zero-order valence-corrected chi connectivity index (χ0v) is 11.1. The standard InChI is InChI=1S/C12H21N3O2/c1-6-7-9(13)14-10(15-11(7)16)8(17-5)12(2,3)4/h8H,6H2,1-5H3,(H3,13,14,15,16). The maximum atomic E-state index is 11.8. The summed E-state index contributed by atoms with van der Waals surface area (Å²) in [6.07, 6.45) is 0.283. The van der Waals surface area contributed by atoms with Crippen molar-refractivity contribution in [1.82, 2.24) is 9.97 Å². The van der Waals surface area contributed by atoms with E-state index in [-0.39, 0.29) is 22.9 Å². The van der Waals surface area contributed by atoms with Crippen LogP contribution in [-0.2, 0) is 11.2 Å². The lowest BCUT2D eigenvalue weighted by Crippen LogP contribution is -2.27. The summed E-state index contributed by atoms with van der Waals surface area (Å²) in [6.45, 7) is 7.93. The van der Waals surface area contributed by atoms with Crippen molar-refractivity contribution in [3.8, 4) is 0 Å². The molecule has 1 unspecified atom stereocenters. The number of hydrogen-bond donors (Lipinski definition) is 2. The van der Waals surface area contributed by atoms with E-state index in [9.17, 15) is 4.79 Å². The molecule has 1 rings (SSSR count).